The van der Waals surface area contributed by atoms with Gasteiger partial charge in [-0.05, 0) is 44.9 Å². The Kier molecular flexibility index (Phi) is 5.71. The fourth-order valence-electron chi connectivity index (χ4n) is 4.15. The highest BCUT2D eigenvalue weighted by Gasteiger charge is 2.32. The van der Waals surface area contributed by atoms with E-state index in [1.807, 2.05) is 45.0 Å². The Morgan fingerprint density at radius 3 is 2.56 bits per heavy atom. The van der Waals surface area contributed by atoms with E-state index in [9.17, 15) is 4.79 Å². The van der Waals surface area contributed by atoms with Crippen LogP contribution in [0.25, 0.3) is 0 Å². The molecular formula is C25H32N4O3. The van der Waals surface area contributed by atoms with E-state index in [2.05, 4.69) is 12.1 Å². The molecule has 170 valence electrons. The van der Waals surface area contributed by atoms with Crippen LogP contribution in [0, 0.1) is 5.41 Å². The van der Waals surface area contributed by atoms with E-state index in [1.165, 1.54) is 12.8 Å². The van der Waals surface area contributed by atoms with Crippen LogP contribution in [0.1, 0.15) is 65.5 Å². The molecule has 0 radical (unpaired) electrons. The van der Waals surface area contributed by atoms with Crippen LogP contribution in [0.5, 0.6) is 5.75 Å². The van der Waals surface area contributed by atoms with E-state index in [1.54, 1.807) is 19.1 Å². The molecule has 1 saturated carbocycles. The number of aromatic nitrogens is 1. The molecule has 7 heteroatoms. The SMILES string of the molecule is COc1c(N(C)C)cc(C(=O)CN2Cc3ccc(C4CC4)nc3C2=N)cc1C(C)(C)OC. The molecule has 0 spiro atoms. The van der Waals surface area contributed by atoms with E-state index >= 15 is 0 Å². The van der Waals surface area contributed by atoms with Crippen molar-refractivity contribution in [3.63, 3.8) is 0 Å². The predicted molar refractivity (Wildman–Crippen MR) is 125 cm³/mol. The number of methoxy groups -OCH3 is 2. The van der Waals surface area contributed by atoms with Crippen molar-refractivity contribution in [1.82, 2.24) is 9.88 Å². The number of hydrogen-bond donors (Lipinski definition) is 1. The van der Waals surface area contributed by atoms with Crippen molar-refractivity contribution >= 4 is 17.3 Å². The number of rotatable bonds is 8. The zero-order valence-corrected chi connectivity index (χ0v) is 19.8. The summed E-state index contributed by atoms with van der Waals surface area (Å²) in [5.41, 5.74) is 4.36. The minimum Gasteiger partial charge on any atom is -0.494 e. The minimum atomic E-state index is -0.633. The summed E-state index contributed by atoms with van der Waals surface area (Å²) in [6, 6.07) is 7.84. The standard InChI is InChI=1S/C25H32N4O3/c1-25(2,32-6)18-11-17(12-20(28(3)4)23(18)31-5)21(30)14-29-13-16-9-10-19(15-7-8-15)27-22(16)24(29)26/h9-12,15,26H,7-8,13-14H2,1-6H3. The van der Waals surface area contributed by atoms with Crippen molar-refractivity contribution in [2.75, 3.05) is 39.8 Å². The van der Waals surface area contributed by atoms with E-state index in [-0.39, 0.29) is 12.3 Å². The van der Waals surface area contributed by atoms with Crippen LogP contribution in [0.3, 0.4) is 0 Å². The molecule has 1 fully saturated rings. The molecule has 7 nitrogen and oxygen atoms in total. The molecule has 2 aliphatic rings. The second kappa shape index (κ2) is 8.20. The monoisotopic (exact) mass is 436 g/mol. The van der Waals surface area contributed by atoms with Gasteiger partial charge in [-0.2, -0.15) is 0 Å². The number of amidine groups is 1. The second-order valence-corrected chi connectivity index (χ2v) is 9.33. The molecule has 4 rings (SSSR count). The van der Waals surface area contributed by atoms with Gasteiger partial charge in [-0.3, -0.25) is 10.2 Å². The molecule has 1 aromatic heterocycles. The van der Waals surface area contributed by atoms with E-state index in [0.717, 1.165) is 22.5 Å². The largest absolute Gasteiger partial charge is 0.494 e. The Morgan fingerprint density at radius 1 is 1.25 bits per heavy atom. The summed E-state index contributed by atoms with van der Waals surface area (Å²) >= 11 is 0. The second-order valence-electron chi connectivity index (χ2n) is 9.33. The van der Waals surface area contributed by atoms with Crippen molar-refractivity contribution in [2.24, 2.45) is 0 Å². The van der Waals surface area contributed by atoms with Crippen molar-refractivity contribution in [2.45, 2.75) is 44.8 Å². The minimum absolute atomic E-state index is 0.0520. The van der Waals surface area contributed by atoms with Crippen LogP contribution in [0.15, 0.2) is 24.3 Å². The molecular weight excluding hydrogens is 404 g/mol. The number of ketones is 1. The Balaban J connectivity index is 1.62. The first-order valence-electron chi connectivity index (χ1n) is 11.0. The third-order valence-electron chi connectivity index (χ3n) is 6.47. The van der Waals surface area contributed by atoms with Gasteiger partial charge in [0, 0.05) is 56.1 Å². The van der Waals surface area contributed by atoms with E-state index in [4.69, 9.17) is 19.9 Å². The Morgan fingerprint density at radius 2 is 1.97 bits per heavy atom. The Bertz CT molecular complexity index is 1070. The van der Waals surface area contributed by atoms with Gasteiger partial charge in [0.15, 0.2) is 5.78 Å². The van der Waals surface area contributed by atoms with Crippen LogP contribution in [-0.2, 0) is 16.9 Å². The van der Waals surface area contributed by atoms with Crippen molar-refractivity contribution in [3.05, 3.63) is 52.3 Å². The molecule has 0 saturated heterocycles. The average molecular weight is 437 g/mol. The van der Waals surface area contributed by atoms with E-state index in [0.29, 0.717) is 35.3 Å². The van der Waals surface area contributed by atoms with Gasteiger partial charge in [0.05, 0.1) is 24.9 Å². The first-order valence-corrected chi connectivity index (χ1v) is 11.0. The highest BCUT2D eigenvalue weighted by atomic mass is 16.5. The van der Waals surface area contributed by atoms with Crippen LogP contribution in [0.4, 0.5) is 5.69 Å². The third kappa shape index (κ3) is 3.97. The van der Waals surface area contributed by atoms with Crippen LogP contribution in [0.2, 0.25) is 0 Å². The first kappa shape index (κ1) is 22.3. The number of nitrogens with zero attached hydrogens (tertiary/aromatic N) is 3. The summed E-state index contributed by atoms with van der Waals surface area (Å²) in [7, 11) is 7.12. The number of fused-ring (bicyclic) bond motifs is 1. The maximum absolute atomic E-state index is 13.4. The van der Waals surface area contributed by atoms with Crippen molar-refractivity contribution in [3.8, 4) is 5.75 Å². The van der Waals surface area contributed by atoms with Gasteiger partial charge in [-0.1, -0.05) is 6.07 Å². The number of pyridine rings is 1. The zero-order chi connectivity index (χ0) is 23.2. The lowest BCUT2D eigenvalue weighted by atomic mass is 9.92. The lowest BCUT2D eigenvalue weighted by Gasteiger charge is -2.29. The quantitative estimate of drug-likeness (QED) is 0.632. The molecule has 2 heterocycles. The van der Waals surface area contributed by atoms with Crippen molar-refractivity contribution < 1.29 is 14.3 Å². The number of ether oxygens (including phenoxy) is 2. The maximum atomic E-state index is 13.4. The van der Waals surface area contributed by atoms with Crippen LogP contribution >= 0.6 is 0 Å². The number of carbonyl (C=O) groups excluding carboxylic acids is 1. The van der Waals surface area contributed by atoms with Gasteiger partial charge >= 0.3 is 0 Å². The van der Waals surface area contributed by atoms with E-state index < -0.39 is 5.60 Å². The number of nitrogens with one attached hydrogen (secondary N) is 1. The van der Waals surface area contributed by atoms with Gasteiger partial charge in [-0.15, -0.1) is 0 Å². The predicted octanol–water partition coefficient (Wildman–Crippen LogP) is 3.94. The number of hydrogen-bond acceptors (Lipinski definition) is 6. The molecule has 0 unspecified atom stereocenters. The summed E-state index contributed by atoms with van der Waals surface area (Å²) in [5, 5.41) is 8.61. The van der Waals surface area contributed by atoms with Gasteiger partial charge in [0.25, 0.3) is 0 Å². The smallest absolute Gasteiger partial charge is 0.182 e. The third-order valence-corrected chi connectivity index (χ3v) is 6.47. The molecule has 0 bridgehead atoms. The summed E-state index contributed by atoms with van der Waals surface area (Å²) in [6.45, 7) is 4.56. The molecule has 0 atom stereocenters. The number of carbonyl (C=O) groups is 1. The number of benzene rings is 1. The molecule has 1 N–H and O–H groups in total. The molecule has 32 heavy (non-hydrogen) atoms. The highest BCUT2D eigenvalue weighted by molar-refractivity contribution is 6.05. The molecule has 1 aromatic carbocycles. The summed E-state index contributed by atoms with van der Waals surface area (Å²) < 4.78 is 11.4. The zero-order valence-electron chi connectivity index (χ0n) is 19.8. The number of Topliss-reactive ketones (excluding diaryl/α,β-unsaturated/α-hetero) is 1. The fourth-order valence-corrected chi connectivity index (χ4v) is 4.15. The Hall–Kier alpha value is -2.93. The molecule has 0 amide bonds. The van der Waals surface area contributed by atoms with Crippen molar-refractivity contribution in [1.29, 1.82) is 5.41 Å². The normalized spacial score (nSPS) is 15.7. The van der Waals surface area contributed by atoms with Gasteiger partial charge in [0.1, 0.15) is 17.3 Å². The molecule has 2 aromatic rings. The lowest BCUT2D eigenvalue weighted by molar-refractivity contribution is 0.0173. The topological polar surface area (TPSA) is 78.8 Å². The molecule has 1 aliphatic carbocycles. The van der Waals surface area contributed by atoms with Gasteiger partial charge in [-0.25, -0.2) is 4.98 Å². The lowest BCUT2D eigenvalue weighted by Crippen LogP contribution is -2.31. The summed E-state index contributed by atoms with van der Waals surface area (Å²) in [6.07, 6.45) is 2.35. The Labute approximate surface area is 189 Å². The number of anilines is 1. The first-order chi connectivity index (χ1) is 15.2. The highest BCUT2D eigenvalue weighted by Crippen LogP contribution is 2.41. The van der Waals surface area contributed by atoms with Gasteiger partial charge < -0.3 is 19.3 Å². The maximum Gasteiger partial charge on any atom is 0.182 e. The summed E-state index contributed by atoms with van der Waals surface area (Å²) in [5.74, 6) is 1.50. The van der Waals surface area contributed by atoms with Gasteiger partial charge in [0.2, 0.25) is 0 Å². The fraction of sp³-hybridized carbons (Fsp3) is 0.480. The average Bonchev–Trinajstić information content (AvgIpc) is 3.58. The van der Waals surface area contributed by atoms with Crippen LogP contribution < -0.4 is 9.64 Å². The molecule has 1 aliphatic heterocycles. The summed E-state index contributed by atoms with van der Waals surface area (Å²) in [4.78, 5) is 21.8. The van der Waals surface area contributed by atoms with Crippen LogP contribution in [-0.4, -0.2) is 56.4 Å².